The van der Waals surface area contributed by atoms with E-state index < -0.39 is 5.66 Å². The Kier molecular flexibility index (Phi) is 4.76. The van der Waals surface area contributed by atoms with Crippen LogP contribution in [-0.4, -0.2) is 13.1 Å². The Morgan fingerprint density at radius 1 is 1.12 bits per heavy atom. The molecular formula is C20H24N4O. The molecular weight excluding hydrogens is 312 g/mol. The number of aryl methyl sites for hydroxylation is 1. The molecule has 0 bridgehead atoms. The number of hydrogen-bond donors (Lipinski definition) is 3. The first-order valence-corrected chi connectivity index (χ1v) is 8.42. The Labute approximate surface area is 148 Å². The lowest BCUT2D eigenvalue weighted by Gasteiger charge is -2.33. The zero-order valence-electron chi connectivity index (χ0n) is 14.6. The molecule has 1 heterocycles. The van der Waals surface area contributed by atoms with Gasteiger partial charge in [0.2, 0.25) is 0 Å². The van der Waals surface area contributed by atoms with Crippen molar-refractivity contribution in [1.82, 2.24) is 5.32 Å². The highest BCUT2D eigenvalue weighted by Gasteiger charge is 2.37. The van der Waals surface area contributed by atoms with Crippen molar-refractivity contribution in [1.29, 1.82) is 0 Å². The topological polar surface area (TPSA) is 85.7 Å². The molecule has 0 amide bonds. The van der Waals surface area contributed by atoms with Gasteiger partial charge in [0, 0.05) is 17.3 Å². The van der Waals surface area contributed by atoms with Crippen LogP contribution in [0.1, 0.15) is 30.0 Å². The van der Waals surface area contributed by atoms with Gasteiger partial charge in [-0.2, -0.15) is 0 Å². The van der Waals surface area contributed by atoms with E-state index in [1.165, 1.54) is 5.56 Å². The van der Waals surface area contributed by atoms with Gasteiger partial charge in [0.05, 0.1) is 7.11 Å². The molecule has 0 saturated carbocycles. The zero-order chi connectivity index (χ0) is 17.9. The Morgan fingerprint density at radius 3 is 2.52 bits per heavy atom. The van der Waals surface area contributed by atoms with Gasteiger partial charge < -0.3 is 15.8 Å². The lowest BCUT2D eigenvalue weighted by atomic mass is 9.86. The molecule has 1 aliphatic heterocycles. The highest BCUT2D eigenvalue weighted by atomic mass is 16.5. The molecule has 5 heteroatoms. The molecule has 0 spiro atoms. The third-order valence-corrected chi connectivity index (χ3v) is 4.39. The number of ether oxygens (including phenoxy) is 1. The van der Waals surface area contributed by atoms with E-state index in [0.29, 0.717) is 5.75 Å². The van der Waals surface area contributed by atoms with E-state index >= 15 is 0 Å². The standard InChI is InChI=1S/C20H24N4O/c1-3-6-14-9-11-15(12-10-14)17-13-23-19(21)24-20(17,22)16-7-4-5-8-18(16)25-2/h4-5,7-13H,3,6,22H2,1-2H3,(H3,21,23,24). The predicted molar refractivity (Wildman–Crippen MR) is 102 cm³/mol. The van der Waals surface area contributed by atoms with E-state index in [4.69, 9.17) is 16.2 Å². The van der Waals surface area contributed by atoms with E-state index in [0.717, 1.165) is 29.5 Å². The molecule has 5 N–H and O–H groups in total. The van der Waals surface area contributed by atoms with Gasteiger partial charge in [0.15, 0.2) is 11.6 Å². The van der Waals surface area contributed by atoms with Crippen LogP contribution in [0.15, 0.2) is 59.7 Å². The average Bonchev–Trinajstić information content (AvgIpc) is 2.63. The van der Waals surface area contributed by atoms with Crippen LogP contribution in [0, 0.1) is 0 Å². The highest BCUT2D eigenvalue weighted by molar-refractivity contribution is 5.88. The summed E-state index contributed by atoms with van der Waals surface area (Å²) >= 11 is 0. The van der Waals surface area contributed by atoms with Crippen molar-refractivity contribution >= 4 is 11.5 Å². The van der Waals surface area contributed by atoms with E-state index in [-0.39, 0.29) is 5.96 Å². The van der Waals surface area contributed by atoms with Crippen molar-refractivity contribution in [3.8, 4) is 5.75 Å². The number of para-hydroxylation sites is 1. The van der Waals surface area contributed by atoms with Crippen LogP contribution in [0.3, 0.4) is 0 Å². The zero-order valence-corrected chi connectivity index (χ0v) is 14.6. The second-order valence-corrected chi connectivity index (χ2v) is 6.11. The molecule has 0 saturated heterocycles. The van der Waals surface area contributed by atoms with Crippen LogP contribution >= 0.6 is 0 Å². The molecule has 5 nitrogen and oxygen atoms in total. The highest BCUT2D eigenvalue weighted by Crippen LogP contribution is 2.40. The maximum Gasteiger partial charge on any atom is 0.195 e. The van der Waals surface area contributed by atoms with E-state index in [2.05, 4.69) is 41.5 Å². The number of guanidine groups is 1. The van der Waals surface area contributed by atoms with Crippen LogP contribution in [0.25, 0.3) is 5.57 Å². The maximum atomic E-state index is 6.76. The van der Waals surface area contributed by atoms with Crippen molar-refractivity contribution in [2.24, 2.45) is 16.5 Å². The first kappa shape index (κ1) is 17.0. The molecule has 1 atom stereocenters. The fourth-order valence-electron chi connectivity index (χ4n) is 3.15. The van der Waals surface area contributed by atoms with Crippen LogP contribution in [0.5, 0.6) is 5.75 Å². The predicted octanol–water partition coefficient (Wildman–Crippen LogP) is 2.72. The number of benzene rings is 2. The summed E-state index contributed by atoms with van der Waals surface area (Å²) in [5.74, 6) is 0.955. The van der Waals surface area contributed by atoms with E-state index in [1.54, 1.807) is 7.11 Å². The third kappa shape index (κ3) is 3.23. The van der Waals surface area contributed by atoms with Crippen LogP contribution < -0.4 is 21.5 Å². The summed E-state index contributed by atoms with van der Waals surface area (Å²) < 4.78 is 5.50. The molecule has 1 unspecified atom stereocenters. The number of nitrogens with zero attached hydrogens (tertiary/aromatic N) is 1. The summed E-state index contributed by atoms with van der Waals surface area (Å²) in [7, 11) is 1.62. The van der Waals surface area contributed by atoms with Gasteiger partial charge in [-0.25, -0.2) is 4.99 Å². The lowest BCUT2D eigenvalue weighted by Crippen LogP contribution is -2.45. The number of nitrogens with one attached hydrogen (secondary N) is 1. The molecule has 2 aromatic rings. The molecule has 0 fully saturated rings. The minimum absolute atomic E-state index is 0.278. The summed E-state index contributed by atoms with van der Waals surface area (Å²) in [6, 6.07) is 16.0. The molecule has 0 aromatic heterocycles. The largest absolute Gasteiger partial charge is 0.496 e. The Balaban J connectivity index is 2.08. The molecule has 2 aromatic carbocycles. The molecule has 0 aliphatic carbocycles. The smallest absolute Gasteiger partial charge is 0.195 e. The van der Waals surface area contributed by atoms with Crippen molar-refractivity contribution in [3.05, 3.63) is 71.4 Å². The minimum atomic E-state index is -1.12. The van der Waals surface area contributed by atoms with Crippen LogP contribution in [0.2, 0.25) is 0 Å². The number of methoxy groups -OCH3 is 1. The molecule has 130 valence electrons. The second-order valence-electron chi connectivity index (χ2n) is 6.11. The summed E-state index contributed by atoms with van der Waals surface area (Å²) in [6.07, 6.45) is 4.00. The fraction of sp³-hybridized carbons (Fsp3) is 0.250. The van der Waals surface area contributed by atoms with E-state index in [9.17, 15) is 0 Å². The second kappa shape index (κ2) is 6.99. The number of hydrogen-bond acceptors (Lipinski definition) is 5. The average molecular weight is 336 g/mol. The Bertz CT molecular complexity index is 811. The van der Waals surface area contributed by atoms with Gasteiger partial charge in [-0.1, -0.05) is 55.8 Å². The first-order chi connectivity index (χ1) is 12.1. The fourth-order valence-corrected chi connectivity index (χ4v) is 3.15. The number of aliphatic imine (C=N–C) groups is 1. The monoisotopic (exact) mass is 336 g/mol. The van der Waals surface area contributed by atoms with Gasteiger partial charge in [-0.15, -0.1) is 0 Å². The summed E-state index contributed by atoms with van der Waals surface area (Å²) in [4.78, 5) is 4.52. The van der Waals surface area contributed by atoms with Gasteiger partial charge in [0.1, 0.15) is 5.75 Å². The van der Waals surface area contributed by atoms with Crippen LogP contribution in [-0.2, 0) is 12.1 Å². The molecule has 0 radical (unpaired) electrons. The van der Waals surface area contributed by atoms with Crippen molar-refractivity contribution in [2.45, 2.75) is 25.4 Å². The first-order valence-electron chi connectivity index (χ1n) is 8.42. The number of nitrogens with two attached hydrogens (primary N) is 2. The maximum absolute atomic E-state index is 6.76. The third-order valence-electron chi connectivity index (χ3n) is 4.39. The molecule has 3 rings (SSSR count). The van der Waals surface area contributed by atoms with Crippen molar-refractivity contribution in [2.75, 3.05) is 7.11 Å². The van der Waals surface area contributed by atoms with Crippen molar-refractivity contribution < 1.29 is 4.74 Å². The summed E-state index contributed by atoms with van der Waals surface area (Å²) in [6.45, 7) is 2.17. The molecule has 25 heavy (non-hydrogen) atoms. The van der Waals surface area contributed by atoms with Gasteiger partial charge in [-0.05, 0) is 23.6 Å². The minimum Gasteiger partial charge on any atom is -0.496 e. The quantitative estimate of drug-likeness (QED) is 0.784. The number of rotatable bonds is 5. The normalized spacial score (nSPS) is 19.6. The SMILES string of the molecule is CCCc1ccc(C2=CNC(N)=NC2(N)c2ccccc2OC)cc1. The van der Waals surface area contributed by atoms with Gasteiger partial charge in [0.25, 0.3) is 0 Å². The lowest BCUT2D eigenvalue weighted by molar-refractivity contribution is 0.399. The van der Waals surface area contributed by atoms with Crippen LogP contribution in [0.4, 0.5) is 0 Å². The molecule has 1 aliphatic rings. The van der Waals surface area contributed by atoms with E-state index in [1.807, 2.05) is 30.5 Å². The summed E-state index contributed by atoms with van der Waals surface area (Å²) in [5, 5.41) is 2.98. The Morgan fingerprint density at radius 2 is 1.84 bits per heavy atom. The summed E-state index contributed by atoms with van der Waals surface area (Å²) in [5.41, 5.74) is 15.5. The van der Waals surface area contributed by atoms with Gasteiger partial charge in [-0.3, -0.25) is 5.73 Å². The van der Waals surface area contributed by atoms with Crippen molar-refractivity contribution in [3.63, 3.8) is 0 Å². The van der Waals surface area contributed by atoms with Gasteiger partial charge >= 0.3 is 0 Å². The Hall–Kier alpha value is -2.79.